The Morgan fingerprint density at radius 2 is 1.86 bits per heavy atom. The van der Waals surface area contributed by atoms with Crippen molar-refractivity contribution in [3.63, 3.8) is 0 Å². The molecule has 5 rings (SSSR count). The lowest BCUT2D eigenvalue weighted by atomic mass is 10.2. The molecule has 0 aliphatic carbocycles. The van der Waals surface area contributed by atoms with E-state index in [1.807, 2.05) is 67.6 Å². The molecule has 0 atom stereocenters. The Morgan fingerprint density at radius 3 is 2.67 bits per heavy atom. The summed E-state index contributed by atoms with van der Waals surface area (Å²) in [6.07, 6.45) is 0.835. The average molecular weight is 522 g/mol. The van der Waals surface area contributed by atoms with E-state index in [0.717, 1.165) is 60.8 Å². The van der Waals surface area contributed by atoms with Crippen LogP contribution < -0.4 is 9.64 Å². The largest absolute Gasteiger partial charge is 0.457 e. The summed E-state index contributed by atoms with van der Waals surface area (Å²) in [5, 5.41) is 1.35. The third-order valence-electron chi connectivity index (χ3n) is 6.13. The SMILES string of the molecule is Cc1cc(Cl)cc2sc(N(CCCN3CCOCC3)C(=O)c3cccc(Oc4ccccc4)c3)nc12. The standard InChI is InChI=1S/C28H28ClN3O3S/c1-20-17-22(29)19-25-26(20)30-28(36-25)32(12-6-11-31-13-15-34-16-14-31)27(33)21-7-5-10-24(18-21)35-23-8-3-2-4-9-23/h2-5,7-10,17-19H,6,11-16H2,1H3. The molecule has 3 aromatic carbocycles. The van der Waals surface area contributed by atoms with E-state index in [1.54, 1.807) is 11.0 Å². The van der Waals surface area contributed by atoms with Crippen molar-refractivity contribution >= 4 is 44.2 Å². The van der Waals surface area contributed by atoms with Crippen LogP contribution in [0.2, 0.25) is 5.02 Å². The van der Waals surface area contributed by atoms with Gasteiger partial charge in [-0.2, -0.15) is 0 Å². The minimum atomic E-state index is -0.0988. The van der Waals surface area contributed by atoms with Crippen LogP contribution in [-0.4, -0.2) is 55.2 Å². The number of amides is 1. The van der Waals surface area contributed by atoms with Crippen molar-refractivity contribution in [3.8, 4) is 11.5 Å². The van der Waals surface area contributed by atoms with Gasteiger partial charge in [0.2, 0.25) is 0 Å². The van der Waals surface area contributed by atoms with Gasteiger partial charge >= 0.3 is 0 Å². The van der Waals surface area contributed by atoms with Crippen molar-refractivity contribution in [2.45, 2.75) is 13.3 Å². The van der Waals surface area contributed by atoms with E-state index in [4.69, 9.17) is 26.1 Å². The second kappa shape index (κ2) is 11.4. The molecule has 0 unspecified atom stereocenters. The van der Waals surface area contributed by atoms with Gasteiger partial charge in [0.15, 0.2) is 5.13 Å². The van der Waals surface area contributed by atoms with Crippen molar-refractivity contribution in [2.24, 2.45) is 0 Å². The number of rotatable bonds is 8. The highest BCUT2D eigenvalue weighted by Crippen LogP contribution is 2.34. The fourth-order valence-corrected chi connectivity index (χ4v) is 5.74. The predicted molar refractivity (Wildman–Crippen MR) is 146 cm³/mol. The van der Waals surface area contributed by atoms with Crippen LogP contribution in [-0.2, 0) is 4.74 Å². The van der Waals surface area contributed by atoms with Gasteiger partial charge in [-0.15, -0.1) is 0 Å². The molecule has 6 nitrogen and oxygen atoms in total. The van der Waals surface area contributed by atoms with Gasteiger partial charge in [-0.3, -0.25) is 14.6 Å². The monoisotopic (exact) mass is 521 g/mol. The van der Waals surface area contributed by atoms with Gasteiger partial charge in [0.1, 0.15) is 11.5 Å². The molecular formula is C28H28ClN3O3S. The normalized spacial score (nSPS) is 14.2. The van der Waals surface area contributed by atoms with E-state index in [9.17, 15) is 4.79 Å². The van der Waals surface area contributed by atoms with Crippen LogP contribution >= 0.6 is 22.9 Å². The number of morpholine rings is 1. The number of para-hydroxylation sites is 1. The molecule has 186 valence electrons. The highest BCUT2D eigenvalue weighted by Gasteiger charge is 2.23. The number of nitrogens with zero attached hydrogens (tertiary/aromatic N) is 3. The Hall–Kier alpha value is -2.97. The second-order valence-electron chi connectivity index (χ2n) is 8.77. The van der Waals surface area contributed by atoms with Crippen molar-refractivity contribution in [2.75, 3.05) is 44.3 Å². The lowest BCUT2D eigenvalue weighted by molar-refractivity contribution is 0.0376. The Morgan fingerprint density at radius 1 is 1.08 bits per heavy atom. The fourth-order valence-electron chi connectivity index (χ4n) is 4.29. The number of carbonyl (C=O) groups is 1. The van der Waals surface area contributed by atoms with Gasteiger partial charge in [0.25, 0.3) is 5.91 Å². The third-order valence-corrected chi connectivity index (χ3v) is 7.38. The van der Waals surface area contributed by atoms with Crippen LogP contribution in [0, 0.1) is 6.92 Å². The molecule has 0 N–H and O–H groups in total. The predicted octanol–water partition coefficient (Wildman–Crippen LogP) is 6.42. The van der Waals surface area contributed by atoms with Crippen molar-refractivity contribution in [1.29, 1.82) is 0 Å². The zero-order valence-corrected chi connectivity index (χ0v) is 21.7. The number of hydrogen-bond acceptors (Lipinski definition) is 6. The molecule has 2 heterocycles. The molecule has 0 saturated carbocycles. The molecule has 1 fully saturated rings. The zero-order valence-electron chi connectivity index (χ0n) is 20.2. The summed E-state index contributed by atoms with van der Waals surface area (Å²) >= 11 is 7.79. The molecule has 1 aliphatic rings. The Kier molecular flexibility index (Phi) is 7.82. The molecule has 8 heteroatoms. The van der Waals surface area contributed by atoms with Gasteiger partial charge in [-0.05, 0) is 61.4 Å². The topological polar surface area (TPSA) is 54.9 Å². The molecule has 0 bridgehead atoms. The first-order valence-corrected chi connectivity index (χ1v) is 13.3. The van der Waals surface area contributed by atoms with Gasteiger partial charge in [0.05, 0.1) is 23.4 Å². The lowest BCUT2D eigenvalue weighted by Crippen LogP contribution is -2.39. The summed E-state index contributed by atoms with van der Waals surface area (Å²) < 4.78 is 12.4. The maximum atomic E-state index is 13.8. The lowest BCUT2D eigenvalue weighted by Gasteiger charge is -2.27. The molecule has 1 amide bonds. The van der Waals surface area contributed by atoms with E-state index in [1.165, 1.54) is 11.3 Å². The molecule has 1 aromatic heterocycles. The van der Waals surface area contributed by atoms with Crippen molar-refractivity contribution in [1.82, 2.24) is 9.88 Å². The van der Waals surface area contributed by atoms with Crippen LogP contribution in [0.3, 0.4) is 0 Å². The maximum Gasteiger partial charge on any atom is 0.260 e. The van der Waals surface area contributed by atoms with Crippen LogP contribution in [0.5, 0.6) is 11.5 Å². The molecule has 0 spiro atoms. The minimum Gasteiger partial charge on any atom is -0.457 e. The molecular weight excluding hydrogens is 494 g/mol. The van der Waals surface area contributed by atoms with E-state index >= 15 is 0 Å². The quantitative estimate of drug-likeness (QED) is 0.268. The first-order chi connectivity index (χ1) is 17.6. The number of aryl methyl sites for hydroxylation is 1. The van der Waals surface area contributed by atoms with E-state index in [0.29, 0.717) is 28.0 Å². The van der Waals surface area contributed by atoms with Crippen molar-refractivity contribution < 1.29 is 14.3 Å². The second-order valence-corrected chi connectivity index (χ2v) is 10.2. The number of ether oxygens (including phenoxy) is 2. The minimum absolute atomic E-state index is 0.0988. The summed E-state index contributed by atoms with van der Waals surface area (Å²) in [7, 11) is 0. The molecule has 1 aliphatic heterocycles. The summed E-state index contributed by atoms with van der Waals surface area (Å²) in [5.41, 5.74) is 2.44. The summed E-state index contributed by atoms with van der Waals surface area (Å²) in [6, 6.07) is 20.7. The van der Waals surface area contributed by atoms with Gasteiger partial charge < -0.3 is 9.47 Å². The van der Waals surface area contributed by atoms with Crippen LogP contribution in [0.15, 0.2) is 66.7 Å². The highest BCUT2D eigenvalue weighted by molar-refractivity contribution is 7.22. The zero-order chi connectivity index (χ0) is 24.9. The van der Waals surface area contributed by atoms with Gasteiger partial charge in [-0.1, -0.05) is 47.2 Å². The number of halogens is 1. The van der Waals surface area contributed by atoms with Crippen molar-refractivity contribution in [3.05, 3.63) is 82.9 Å². The number of thiazole rings is 1. The van der Waals surface area contributed by atoms with Gasteiger partial charge in [-0.25, -0.2) is 4.98 Å². The van der Waals surface area contributed by atoms with E-state index in [-0.39, 0.29) is 5.91 Å². The Balaban J connectivity index is 1.41. The fraction of sp³-hybridized carbons (Fsp3) is 0.286. The van der Waals surface area contributed by atoms with Crippen LogP contribution in [0.25, 0.3) is 10.2 Å². The highest BCUT2D eigenvalue weighted by atomic mass is 35.5. The maximum absolute atomic E-state index is 13.8. The average Bonchev–Trinajstić information content (AvgIpc) is 3.32. The molecule has 4 aromatic rings. The smallest absolute Gasteiger partial charge is 0.260 e. The van der Waals surface area contributed by atoms with Crippen LogP contribution in [0.1, 0.15) is 22.3 Å². The number of fused-ring (bicyclic) bond motifs is 1. The number of hydrogen-bond donors (Lipinski definition) is 0. The molecule has 36 heavy (non-hydrogen) atoms. The number of benzene rings is 3. The van der Waals surface area contributed by atoms with E-state index < -0.39 is 0 Å². The first kappa shape index (κ1) is 24.7. The summed E-state index contributed by atoms with van der Waals surface area (Å²) in [4.78, 5) is 22.9. The molecule has 0 radical (unpaired) electrons. The summed E-state index contributed by atoms with van der Waals surface area (Å²) in [6.45, 7) is 6.82. The summed E-state index contributed by atoms with van der Waals surface area (Å²) in [5.74, 6) is 1.24. The Labute approximate surface area is 220 Å². The first-order valence-electron chi connectivity index (χ1n) is 12.1. The number of carbonyl (C=O) groups excluding carboxylic acids is 1. The molecule has 1 saturated heterocycles. The number of aromatic nitrogens is 1. The van der Waals surface area contributed by atoms with Crippen LogP contribution in [0.4, 0.5) is 5.13 Å². The van der Waals surface area contributed by atoms with E-state index in [2.05, 4.69) is 4.90 Å². The Bertz CT molecular complexity index is 1340. The number of anilines is 1. The third kappa shape index (κ3) is 5.87. The van der Waals surface area contributed by atoms with Gasteiger partial charge in [0, 0.05) is 36.8 Å².